The van der Waals surface area contributed by atoms with Gasteiger partial charge in [-0.15, -0.1) is 0 Å². The van der Waals surface area contributed by atoms with E-state index in [9.17, 15) is 84.9 Å². The molecule has 0 aliphatic carbocycles. The molecule has 1 aliphatic rings. The molecule has 130 heavy (non-hydrogen) atoms. The number of benzene rings is 7. The molecule has 0 atom stereocenters. The van der Waals surface area contributed by atoms with Crippen molar-refractivity contribution in [2.45, 2.75) is 81.9 Å². The predicted molar refractivity (Wildman–Crippen MR) is 499 cm³/mol. The number of hydrogen-bond donors (Lipinski definition) is 8. The van der Waals surface area contributed by atoms with Gasteiger partial charge in [0.25, 0.3) is 0 Å². The number of nitrogens with two attached hydrogens (primary N) is 2. The molecule has 0 bridgehead atoms. The van der Waals surface area contributed by atoms with Crippen molar-refractivity contribution in [3.63, 3.8) is 0 Å². The van der Waals surface area contributed by atoms with Crippen molar-refractivity contribution in [1.82, 2.24) is 10.9 Å². The molecule has 8 rings (SSSR count). The summed E-state index contributed by atoms with van der Waals surface area (Å²) >= 11 is 0. The number of nitrogens with one attached hydrogen (secondary N) is 1. The Morgan fingerprint density at radius 3 is 0.762 bits per heavy atom. The molecule has 0 spiro atoms. The normalized spacial score (nSPS) is 11.4. The van der Waals surface area contributed by atoms with E-state index in [4.69, 9.17) is 73.6 Å². The van der Waals surface area contributed by atoms with Crippen LogP contribution in [0, 0.1) is 0 Å². The Hall–Kier alpha value is -2.61. The van der Waals surface area contributed by atoms with E-state index in [0.29, 0.717) is 39.6 Å². The fraction of sp³-hybridized carbons (Fsp3) is 0.455. The Morgan fingerprint density at radius 2 is 0.615 bits per heavy atom. The van der Waals surface area contributed by atoms with Crippen molar-refractivity contribution in [2.75, 3.05) is 143 Å². The number of sulfonamides is 3. The summed E-state index contributed by atoms with van der Waals surface area (Å²) < 4.78 is 252. The molecule has 1 heterocycles. The van der Waals surface area contributed by atoms with Crippen LogP contribution in [0.15, 0.2) is 212 Å². The van der Waals surface area contributed by atoms with Gasteiger partial charge in [0, 0.05) is 57.4 Å². The third-order valence-corrected chi connectivity index (χ3v) is 20.7. The van der Waals surface area contributed by atoms with Crippen molar-refractivity contribution >= 4 is 130 Å². The van der Waals surface area contributed by atoms with E-state index in [0.717, 1.165) is 59.3 Å². The monoisotopic (exact) mass is 2130 g/mol. The zero-order valence-corrected chi connectivity index (χ0v) is 88.2. The minimum atomic E-state index is -4.17. The first-order chi connectivity index (χ1) is 56.9. The topological polar surface area (TPSA) is 645 Å². The van der Waals surface area contributed by atoms with Gasteiger partial charge >= 0.3 is 88.7 Å². The summed E-state index contributed by atoms with van der Waals surface area (Å²) in [4.78, 5) is 0. The second-order valence-electron chi connectivity index (χ2n) is 24.1. The maximum atomic E-state index is 10.8. The van der Waals surface area contributed by atoms with Gasteiger partial charge in [0.2, 0.25) is 48.3 Å². The fourth-order valence-electron chi connectivity index (χ4n) is 7.08. The van der Waals surface area contributed by atoms with Gasteiger partial charge in [0.15, 0.2) is 0 Å². The molecule has 53 heteroatoms. The van der Waals surface area contributed by atoms with Crippen molar-refractivity contribution < 1.29 is 237 Å². The third kappa shape index (κ3) is 130. The summed E-state index contributed by atoms with van der Waals surface area (Å²) in [7, 11) is -17.9. The SMILES string of the molecule is C.C.C.CCCOCc1ccccc1.CS(=O)(=O)CCO.CS(=O)(=O)CCOCc1ccccc1.CS(=O)(=O)CCOCc1ccccc1.N.NS(=O)(=O)CCO.NS(=O)(=O)CCOCc1ccccc1.O=S(=O)(Cl)CCOCc1ccccc1.O=S(=O)([O-])CCO.O=S(=O)([O-])CCOCc1ccccc1.O=S(Cl)Cl.O=S1(=O)CCOCN1.OCc1ccccc1.[Na+].[Na+].[Na+].[OH-]. The van der Waals surface area contributed by atoms with Crippen LogP contribution in [-0.2, 0) is 178 Å². The molecule has 7 aromatic carbocycles. The van der Waals surface area contributed by atoms with E-state index in [-0.39, 0.29) is 216 Å². The van der Waals surface area contributed by atoms with Crippen LogP contribution in [0.5, 0.6) is 0 Å². The predicted octanol–water partition coefficient (Wildman–Crippen LogP) is -2.04. The van der Waals surface area contributed by atoms with Crippen molar-refractivity contribution in [1.29, 1.82) is 0 Å². The number of primary sulfonamides is 2. The molecule has 0 saturated carbocycles. The molecular formula is C77H128Cl3N4Na3O33S10. The second-order valence-corrected chi connectivity index (χ2v) is 44.8. The van der Waals surface area contributed by atoms with Crippen molar-refractivity contribution in [3.05, 3.63) is 251 Å². The van der Waals surface area contributed by atoms with Gasteiger partial charge in [0.05, 0.1) is 178 Å². The number of halogens is 3. The largest absolute Gasteiger partial charge is 1.00 e. The van der Waals surface area contributed by atoms with Gasteiger partial charge in [-0.3, -0.25) is 0 Å². The van der Waals surface area contributed by atoms with Crippen LogP contribution in [0.1, 0.15) is 74.6 Å². The first-order valence-electron chi connectivity index (χ1n) is 35.7. The molecule has 7 aromatic rings. The van der Waals surface area contributed by atoms with Gasteiger partial charge in [-0.2, -0.15) is 4.72 Å². The maximum Gasteiger partial charge on any atom is 1.00 e. The van der Waals surface area contributed by atoms with Crippen LogP contribution in [0.4, 0.5) is 0 Å². The Balaban J connectivity index is -0.000000118. The zero-order chi connectivity index (χ0) is 93.3. The fourth-order valence-corrected chi connectivity index (χ4v) is 10.7. The molecule has 13 N–H and O–H groups in total. The summed E-state index contributed by atoms with van der Waals surface area (Å²) in [6.45, 7) is 5.83. The van der Waals surface area contributed by atoms with Crippen LogP contribution >= 0.6 is 32.0 Å². The number of ether oxygens (including phenoxy) is 7. The smallest absolute Gasteiger partial charge is 0.870 e. The van der Waals surface area contributed by atoms with E-state index in [1.165, 1.54) is 18.1 Å². The van der Waals surface area contributed by atoms with Crippen molar-refractivity contribution in [2.24, 2.45) is 10.3 Å². The van der Waals surface area contributed by atoms with Crippen LogP contribution in [0.25, 0.3) is 0 Å². The van der Waals surface area contributed by atoms with Gasteiger partial charge in [-0.25, -0.2) is 90.2 Å². The maximum absolute atomic E-state index is 10.8. The summed E-state index contributed by atoms with van der Waals surface area (Å²) in [5.41, 5.74) is 7.31. The first kappa shape index (κ1) is 153. The van der Waals surface area contributed by atoms with Crippen LogP contribution in [-0.4, -0.2) is 258 Å². The molecule has 0 aromatic heterocycles. The Labute approximate surface area is 855 Å². The molecule has 0 amide bonds. The molecule has 37 nitrogen and oxygen atoms in total. The molecule has 1 saturated heterocycles. The summed E-state index contributed by atoms with van der Waals surface area (Å²) in [6.07, 6.45) is 4.59. The van der Waals surface area contributed by atoms with E-state index < -0.39 is 123 Å². The zero-order valence-electron chi connectivity index (χ0n) is 71.8. The quantitative estimate of drug-likeness (QED) is 0.00907. The standard InChI is InChI=1S/2C10H14O3S.C10H14O.C9H11ClO3S.C9H13NO3S.C9H12O4S.C7H8O.C3H7NO3S.C3H8O3S.C2H7NO3S.C2H6O4S.3CH4.Cl2OS.H3N.3Na.H2O/c2*1-14(11,12)8-7-13-9-10-5-3-2-4-6-10;1-2-8-11-9-10-6-4-3-5-7-10;3*10-14(11,12)7-6-13-8-9-4-2-1-3-5-9;8-6-7-4-2-1-3-5-7;5-8(6)2-1-7-3-4-8;1-7(5,6)3-2-4;3-7(5,6)2-1-4;3-1-2-7(4,5)6;;;;1-4(2)3;;;;;/h2*2-6H,7-9H2,1H3;3-7H,2,8-9H2,1H3;1-5H,6-8H2;1-5H,6-8H2,(H2,10,11,12);1-5H,6-8H2,(H,10,11,12);1-5,8H,6H2;4H,1-3H2;4H,2-3H2,1H3;4H,1-2H2,(H2,3,5,6);3H,1-2H2,(H,4,5,6);3*1H4;;1H3;;;;1H2/q;;;;;;;;;;;;;;;;3*+1;/p-3. The summed E-state index contributed by atoms with van der Waals surface area (Å²) in [5, 5.41) is 41.6. The van der Waals surface area contributed by atoms with E-state index >= 15 is 0 Å². The number of sulfone groups is 3. The van der Waals surface area contributed by atoms with Gasteiger partial charge in [0.1, 0.15) is 36.2 Å². The average Bonchev–Trinajstić information content (AvgIpc) is 0.906. The molecule has 1 fully saturated rings. The Bertz CT molecular complexity index is 4340. The molecule has 1 aliphatic heterocycles. The number of rotatable bonds is 36. The second kappa shape index (κ2) is 92.7. The van der Waals surface area contributed by atoms with Crippen LogP contribution < -0.4 is 110 Å². The summed E-state index contributed by atoms with van der Waals surface area (Å²) in [5.74, 6) is -1.68. The van der Waals surface area contributed by atoms with Gasteiger partial charge in [-0.1, -0.05) is 242 Å². The van der Waals surface area contributed by atoms with Crippen molar-refractivity contribution in [3.8, 4) is 0 Å². The van der Waals surface area contributed by atoms with E-state index in [1.54, 1.807) is 0 Å². The minimum absolute atomic E-state index is 0. The Kier molecular flexibility index (Phi) is 109. The first-order valence-corrected chi connectivity index (χ1v) is 55.4. The molecule has 0 unspecified atom stereocenters. The number of hydrogen-bond acceptors (Lipinski definition) is 34. The van der Waals surface area contributed by atoms with Gasteiger partial charge < -0.3 is 74.3 Å². The van der Waals surface area contributed by atoms with E-state index in [1.807, 2.05) is 200 Å². The van der Waals surface area contributed by atoms with Crippen LogP contribution in [0.3, 0.4) is 0 Å². The number of aliphatic hydroxyl groups is 4. The molecule has 0 radical (unpaired) electrons. The molecule has 738 valence electrons. The summed E-state index contributed by atoms with van der Waals surface area (Å²) in [6, 6.07) is 67.5. The van der Waals surface area contributed by atoms with Crippen LogP contribution in [0.2, 0.25) is 0 Å². The Morgan fingerprint density at radius 1 is 0.392 bits per heavy atom. The third-order valence-electron chi connectivity index (χ3n) is 12.8. The average molecular weight is 2130 g/mol. The minimum Gasteiger partial charge on any atom is -0.870 e. The number of aliphatic hydroxyl groups excluding tert-OH is 4. The van der Waals surface area contributed by atoms with Gasteiger partial charge in [-0.05, 0) is 45.4 Å². The molecular weight excluding hydrogens is 2000 g/mol. The van der Waals surface area contributed by atoms with E-state index in [2.05, 4.69) is 50.3 Å².